The molecule has 2 aromatic rings. The maximum atomic E-state index is 12.8. The number of carbonyl (C=O) groups is 1. The summed E-state index contributed by atoms with van der Waals surface area (Å²) in [5, 5.41) is 5.41. The molecule has 2 rings (SSSR count). The molecule has 0 spiro atoms. The number of halogens is 1. The maximum absolute atomic E-state index is 12.8. The van der Waals surface area contributed by atoms with Crippen LogP contribution in [0.4, 0.5) is 26.2 Å². The summed E-state index contributed by atoms with van der Waals surface area (Å²) in [7, 11) is 0. The molecule has 0 bridgehead atoms. The van der Waals surface area contributed by atoms with Crippen molar-refractivity contribution in [2.45, 2.75) is 13.8 Å². The van der Waals surface area contributed by atoms with Crippen molar-refractivity contribution in [2.24, 2.45) is 0 Å². The van der Waals surface area contributed by atoms with Crippen molar-refractivity contribution in [3.05, 3.63) is 53.3 Å². The largest absolute Gasteiger partial charge is 0.399 e. The third-order valence-corrected chi connectivity index (χ3v) is 2.90. The first-order valence-corrected chi connectivity index (χ1v) is 6.16. The smallest absolute Gasteiger partial charge is 0.323 e. The van der Waals surface area contributed by atoms with E-state index in [1.807, 2.05) is 13.8 Å². The van der Waals surface area contributed by atoms with Crippen LogP contribution in [0.25, 0.3) is 0 Å². The van der Waals surface area contributed by atoms with Gasteiger partial charge in [-0.25, -0.2) is 9.18 Å². The van der Waals surface area contributed by atoms with E-state index in [4.69, 9.17) is 5.73 Å². The lowest BCUT2D eigenvalue weighted by molar-refractivity contribution is 0.262. The Morgan fingerprint density at radius 1 is 1.05 bits per heavy atom. The lowest BCUT2D eigenvalue weighted by Gasteiger charge is -2.13. The molecule has 4 nitrogen and oxygen atoms in total. The van der Waals surface area contributed by atoms with Crippen LogP contribution in [0.5, 0.6) is 0 Å². The predicted molar refractivity (Wildman–Crippen MR) is 79.4 cm³/mol. The number of anilines is 3. The molecule has 5 heteroatoms. The zero-order chi connectivity index (χ0) is 14.7. The Kier molecular flexibility index (Phi) is 3.89. The average Bonchev–Trinajstić information content (AvgIpc) is 2.36. The van der Waals surface area contributed by atoms with Gasteiger partial charge < -0.3 is 16.4 Å². The molecule has 20 heavy (non-hydrogen) atoms. The van der Waals surface area contributed by atoms with Gasteiger partial charge in [-0.2, -0.15) is 0 Å². The van der Waals surface area contributed by atoms with E-state index in [0.29, 0.717) is 11.4 Å². The van der Waals surface area contributed by atoms with Gasteiger partial charge in [0.15, 0.2) is 0 Å². The fourth-order valence-electron chi connectivity index (χ4n) is 2.00. The Labute approximate surface area is 116 Å². The van der Waals surface area contributed by atoms with Crippen molar-refractivity contribution in [1.82, 2.24) is 0 Å². The number of benzene rings is 2. The van der Waals surface area contributed by atoms with Crippen LogP contribution in [-0.2, 0) is 0 Å². The highest BCUT2D eigenvalue weighted by Gasteiger charge is 2.08. The van der Waals surface area contributed by atoms with E-state index in [2.05, 4.69) is 10.6 Å². The molecule has 2 amide bonds. The molecule has 104 valence electrons. The van der Waals surface area contributed by atoms with Crippen LogP contribution in [-0.4, -0.2) is 6.03 Å². The summed E-state index contributed by atoms with van der Waals surface area (Å²) in [6.07, 6.45) is 0. The summed E-state index contributed by atoms with van der Waals surface area (Å²) in [4.78, 5) is 11.9. The highest BCUT2D eigenvalue weighted by atomic mass is 19.1. The fourth-order valence-corrected chi connectivity index (χ4v) is 2.00. The first-order chi connectivity index (χ1) is 9.45. The Balaban J connectivity index is 2.10. The second-order valence-corrected chi connectivity index (χ2v) is 4.62. The van der Waals surface area contributed by atoms with Gasteiger partial charge in [-0.05, 0) is 61.4 Å². The zero-order valence-electron chi connectivity index (χ0n) is 11.3. The normalized spacial score (nSPS) is 10.2. The zero-order valence-corrected chi connectivity index (χ0v) is 11.3. The number of amides is 2. The van der Waals surface area contributed by atoms with Crippen LogP contribution in [0.2, 0.25) is 0 Å². The van der Waals surface area contributed by atoms with Gasteiger partial charge in [0.1, 0.15) is 5.82 Å². The molecule has 0 unspecified atom stereocenters. The van der Waals surface area contributed by atoms with Crippen LogP contribution in [0.3, 0.4) is 0 Å². The van der Waals surface area contributed by atoms with Gasteiger partial charge in [-0.15, -0.1) is 0 Å². The van der Waals surface area contributed by atoms with E-state index in [1.54, 1.807) is 12.1 Å². The van der Waals surface area contributed by atoms with Crippen LogP contribution < -0.4 is 16.4 Å². The van der Waals surface area contributed by atoms with Crippen molar-refractivity contribution in [1.29, 1.82) is 0 Å². The number of nitrogens with two attached hydrogens (primary N) is 1. The number of aryl methyl sites for hydroxylation is 2. The number of hydrogen-bond donors (Lipinski definition) is 3. The van der Waals surface area contributed by atoms with E-state index < -0.39 is 0 Å². The van der Waals surface area contributed by atoms with Crippen LogP contribution >= 0.6 is 0 Å². The van der Waals surface area contributed by atoms with Crippen molar-refractivity contribution < 1.29 is 9.18 Å². The lowest BCUT2D eigenvalue weighted by Crippen LogP contribution is -2.20. The highest BCUT2D eigenvalue weighted by Crippen LogP contribution is 2.23. The van der Waals surface area contributed by atoms with Gasteiger partial charge in [0.2, 0.25) is 0 Å². The number of carbonyl (C=O) groups excluding carboxylic acids is 1. The van der Waals surface area contributed by atoms with Crippen molar-refractivity contribution in [3.8, 4) is 0 Å². The molecule has 0 fully saturated rings. The second-order valence-electron chi connectivity index (χ2n) is 4.62. The molecule has 0 saturated heterocycles. The molecule has 0 aliphatic carbocycles. The van der Waals surface area contributed by atoms with Gasteiger partial charge >= 0.3 is 6.03 Å². The van der Waals surface area contributed by atoms with Gasteiger partial charge in [0.05, 0.1) is 0 Å². The Bertz CT molecular complexity index is 615. The Morgan fingerprint density at radius 3 is 2.15 bits per heavy atom. The Morgan fingerprint density at radius 2 is 1.60 bits per heavy atom. The molecule has 0 aromatic heterocycles. The second kappa shape index (κ2) is 5.61. The van der Waals surface area contributed by atoms with Gasteiger partial charge in [0, 0.05) is 17.1 Å². The van der Waals surface area contributed by atoms with Gasteiger partial charge in [-0.3, -0.25) is 0 Å². The van der Waals surface area contributed by atoms with Crippen LogP contribution in [0, 0.1) is 19.7 Å². The van der Waals surface area contributed by atoms with E-state index in [1.165, 1.54) is 24.3 Å². The monoisotopic (exact) mass is 273 g/mol. The first kappa shape index (κ1) is 13.9. The summed E-state index contributed by atoms with van der Waals surface area (Å²) in [6, 6.07) is 8.77. The maximum Gasteiger partial charge on any atom is 0.323 e. The molecule has 0 heterocycles. The summed E-state index contributed by atoms with van der Waals surface area (Å²) in [5.41, 5.74) is 9.41. The molecule has 0 aliphatic heterocycles. The van der Waals surface area contributed by atoms with Gasteiger partial charge in [0.25, 0.3) is 0 Å². The lowest BCUT2D eigenvalue weighted by atomic mass is 10.1. The molecule has 0 saturated carbocycles. The van der Waals surface area contributed by atoms with E-state index >= 15 is 0 Å². The number of rotatable bonds is 2. The van der Waals surface area contributed by atoms with Crippen LogP contribution in [0.15, 0.2) is 36.4 Å². The summed E-state index contributed by atoms with van der Waals surface area (Å²) in [6.45, 7) is 3.74. The minimum atomic E-state index is -0.382. The number of hydrogen-bond acceptors (Lipinski definition) is 2. The highest BCUT2D eigenvalue weighted by molar-refractivity contribution is 6.00. The topological polar surface area (TPSA) is 67.1 Å². The Hall–Kier alpha value is -2.56. The molecule has 4 N–H and O–H groups in total. The molecular weight excluding hydrogens is 257 g/mol. The van der Waals surface area contributed by atoms with Gasteiger partial charge in [-0.1, -0.05) is 0 Å². The van der Waals surface area contributed by atoms with Crippen LogP contribution in [0.1, 0.15) is 11.1 Å². The van der Waals surface area contributed by atoms with Crippen molar-refractivity contribution >= 4 is 23.1 Å². The van der Waals surface area contributed by atoms with E-state index in [0.717, 1.165) is 16.8 Å². The van der Waals surface area contributed by atoms with E-state index in [9.17, 15) is 9.18 Å². The first-order valence-electron chi connectivity index (χ1n) is 6.16. The number of nitrogens with one attached hydrogen (secondary N) is 2. The minimum Gasteiger partial charge on any atom is -0.399 e. The summed E-state index contributed by atoms with van der Waals surface area (Å²) in [5.74, 6) is -0.346. The van der Waals surface area contributed by atoms with E-state index in [-0.39, 0.29) is 11.8 Å². The van der Waals surface area contributed by atoms with Crippen molar-refractivity contribution in [2.75, 3.05) is 16.4 Å². The third kappa shape index (κ3) is 3.26. The average molecular weight is 273 g/mol. The standard InChI is InChI=1S/C15H16FN3O/c1-9-7-12(17)8-10(2)14(9)19-15(20)18-13-5-3-11(16)4-6-13/h3-8H,17H2,1-2H3,(H2,18,19,20). The minimum absolute atomic E-state index is 0.346. The summed E-state index contributed by atoms with van der Waals surface area (Å²) >= 11 is 0. The third-order valence-electron chi connectivity index (χ3n) is 2.90. The fraction of sp³-hybridized carbons (Fsp3) is 0.133. The molecule has 2 aromatic carbocycles. The number of urea groups is 1. The van der Waals surface area contributed by atoms with Crippen molar-refractivity contribution in [3.63, 3.8) is 0 Å². The molecular formula is C15H16FN3O. The molecule has 0 aliphatic rings. The molecule has 0 atom stereocenters. The molecule has 0 radical (unpaired) electrons. The predicted octanol–water partition coefficient (Wildman–Crippen LogP) is 3.67. The number of nitrogen functional groups attached to an aromatic ring is 1. The summed E-state index contributed by atoms with van der Waals surface area (Å²) < 4.78 is 12.8. The SMILES string of the molecule is Cc1cc(N)cc(C)c1NC(=O)Nc1ccc(F)cc1. The quantitative estimate of drug-likeness (QED) is 0.731.